The van der Waals surface area contributed by atoms with Crippen molar-refractivity contribution >= 4 is 17.6 Å². The van der Waals surface area contributed by atoms with Gasteiger partial charge >= 0.3 is 0 Å². The fraction of sp³-hybridized carbons (Fsp3) is 0.552. The third-order valence-corrected chi connectivity index (χ3v) is 7.85. The summed E-state index contributed by atoms with van der Waals surface area (Å²) in [7, 11) is 0. The number of hydrogen-bond acceptors (Lipinski definition) is 5. The Balaban J connectivity index is 1.43. The average molecular weight is 539 g/mol. The lowest BCUT2D eigenvalue weighted by atomic mass is 9.81. The van der Waals surface area contributed by atoms with Gasteiger partial charge in [0.15, 0.2) is 0 Å². The molecule has 208 valence electrons. The zero-order valence-electron chi connectivity index (χ0n) is 22.5. The zero-order valence-corrected chi connectivity index (χ0v) is 22.5. The zero-order chi connectivity index (χ0) is 27.6. The Morgan fingerprint density at radius 3 is 2.41 bits per heavy atom. The summed E-state index contributed by atoms with van der Waals surface area (Å²) in [6, 6.07) is 4.60. The third-order valence-electron chi connectivity index (χ3n) is 7.85. The number of pyridine rings is 1. The summed E-state index contributed by atoms with van der Waals surface area (Å²) in [5.41, 5.74) is 2.63. The highest BCUT2D eigenvalue weighted by Crippen LogP contribution is 2.42. The van der Waals surface area contributed by atoms with Gasteiger partial charge in [-0.25, -0.2) is 18.7 Å². The number of aromatic nitrogens is 4. The molecule has 2 aliphatic carbocycles. The van der Waals surface area contributed by atoms with E-state index in [1.165, 1.54) is 0 Å². The third kappa shape index (κ3) is 6.42. The van der Waals surface area contributed by atoms with Crippen molar-refractivity contribution in [3.63, 3.8) is 0 Å². The molecule has 3 heterocycles. The lowest BCUT2D eigenvalue weighted by Gasteiger charge is -2.33. The van der Waals surface area contributed by atoms with Crippen molar-refractivity contribution in [2.45, 2.75) is 89.6 Å². The highest BCUT2D eigenvalue weighted by atomic mass is 19.3. The summed E-state index contributed by atoms with van der Waals surface area (Å²) in [6.07, 6.45) is 9.46. The standard InChI is InChI=1S/C29H36F2N6O2/c1-3-5-24(38)35-25(18-6-7-18)22-11-15-37-17-23(34-28(37)33-22)26(19-8-12-29(30,31)13-9-19)36-27(39)20-10-14-32-21(4-2)16-20/h10-11,14-19,25-26H,3-9,12-13H2,1-2H3,(H,35,38)(H,36,39)/t25-,26+/m1/s1. The molecular formula is C29H36F2N6O2. The topological polar surface area (TPSA) is 101 Å². The van der Waals surface area contributed by atoms with Gasteiger partial charge in [0.2, 0.25) is 17.6 Å². The molecule has 0 radical (unpaired) electrons. The normalized spacial score (nSPS) is 19.0. The van der Waals surface area contributed by atoms with Gasteiger partial charge in [0.1, 0.15) is 0 Å². The number of alkyl halides is 2. The largest absolute Gasteiger partial charge is 0.347 e. The number of fused-ring (bicyclic) bond motifs is 1. The van der Waals surface area contributed by atoms with Crippen molar-refractivity contribution in [3.8, 4) is 0 Å². The number of nitrogens with one attached hydrogen (secondary N) is 2. The van der Waals surface area contributed by atoms with Gasteiger partial charge in [-0.2, -0.15) is 0 Å². The van der Waals surface area contributed by atoms with Crippen molar-refractivity contribution in [3.05, 3.63) is 59.4 Å². The van der Waals surface area contributed by atoms with Crippen LogP contribution in [0, 0.1) is 11.8 Å². The minimum absolute atomic E-state index is 0.0133. The second kappa shape index (κ2) is 11.4. The van der Waals surface area contributed by atoms with E-state index < -0.39 is 12.0 Å². The van der Waals surface area contributed by atoms with Crippen LogP contribution in [0.1, 0.15) is 105 Å². The van der Waals surface area contributed by atoms with Crippen molar-refractivity contribution < 1.29 is 18.4 Å². The highest BCUT2D eigenvalue weighted by Gasteiger charge is 2.39. The molecule has 3 aromatic rings. The maximum Gasteiger partial charge on any atom is 0.251 e. The first-order valence-electron chi connectivity index (χ1n) is 14.0. The summed E-state index contributed by atoms with van der Waals surface area (Å²) in [5, 5.41) is 6.22. The Morgan fingerprint density at radius 1 is 1.03 bits per heavy atom. The van der Waals surface area contributed by atoms with Gasteiger partial charge in [-0.3, -0.25) is 19.0 Å². The summed E-state index contributed by atoms with van der Waals surface area (Å²) >= 11 is 0. The van der Waals surface area contributed by atoms with Crippen LogP contribution < -0.4 is 10.6 Å². The molecule has 2 aliphatic rings. The number of amides is 2. The van der Waals surface area contributed by atoms with E-state index in [4.69, 9.17) is 9.97 Å². The van der Waals surface area contributed by atoms with Gasteiger partial charge in [-0.15, -0.1) is 0 Å². The summed E-state index contributed by atoms with van der Waals surface area (Å²) < 4.78 is 29.8. The number of carbonyl (C=O) groups excluding carboxylic acids is 2. The number of rotatable bonds is 10. The Bertz CT molecular complexity index is 1330. The Kier molecular flexibility index (Phi) is 7.91. The number of imidazole rings is 1. The van der Waals surface area contributed by atoms with Crippen LogP contribution in [0.3, 0.4) is 0 Å². The van der Waals surface area contributed by atoms with Crippen LogP contribution in [0.15, 0.2) is 36.8 Å². The van der Waals surface area contributed by atoms with Crippen molar-refractivity contribution in [2.75, 3.05) is 0 Å². The van der Waals surface area contributed by atoms with Crippen LogP contribution in [0.4, 0.5) is 8.78 Å². The number of aryl methyl sites for hydroxylation is 1. The second-order valence-corrected chi connectivity index (χ2v) is 10.9. The van der Waals surface area contributed by atoms with E-state index in [0.717, 1.165) is 30.7 Å². The van der Waals surface area contributed by atoms with Gasteiger partial charge < -0.3 is 10.6 Å². The van der Waals surface area contributed by atoms with Crippen LogP contribution in [-0.2, 0) is 11.2 Å². The number of hydrogen-bond donors (Lipinski definition) is 2. The molecular weight excluding hydrogens is 502 g/mol. The molecule has 2 amide bonds. The minimum Gasteiger partial charge on any atom is -0.347 e. The molecule has 0 aliphatic heterocycles. The van der Waals surface area contributed by atoms with Gasteiger partial charge in [0.05, 0.1) is 23.5 Å². The molecule has 0 bridgehead atoms. The summed E-state index contributed by atoms with van der Waals surface area (Å²) in [6.45, 7) is 3.94. The average Bonchev–Trinajstić information content (AvgIpc) is 3.68. The molecule has 2 fully saturated rings. The molecule has 8 nitrogen and oxygen atoms in total. The number of halogens is 2. The predicted octanol–water partition coefficient (Wildman–Crippen LogP) is 5.35. The first-order valence-corrected chi connectivity index (χ1v) is 14.0. The molecule has 10 heteroatoms. The molecule has 0 spiro atoms. The van der Waals surface area contributed by atoms with Crippen LogP contribution in [0.2, 0.25) is 0 Å². The molecule has 2 saturated carbocycles. The van der Waals surface area contributed by atoms with Crippen molar-refractivity contribution in [1.29, 1.82) is 0 Å². The van der Waals surface area contributed by atoms with Gasteiger partial charge in [0.25, 0.3) is 5.91 Å². The summed E-state index contributed by atoms with van der Waals surface area (Å²) in [4.78, 5) is 39.4. The van der Waals surface area contributed by atoms with Crippen LogP contribution in [0.5, 0.6) is 0 Å². The first kappa shape index (κ1) is 27.1. The SMILES string of the molecule is CCCC(=O)N[C@@H](c1ccn2cc([C@@H](NC(=O)c3ccnc(CC)c3)C3CCC(F)(F)CC3)nc2n1)C1CC1. The second-order valence-electron chi connectivity index (χ2n) is 10.9. The molecule has 39 heavy (non-hydrogen) atoms. The van der Waals surface area contributed by atoms with Gasteiger partial charge in [-0.05, 0) is 68.6 Å². The van der Waals surface area contributed by atoms with Crippen LogP contribution >= 0.6 is 0 Å². The number of carbonyl (C=O) groups is 2. The van der Waals surface area contributed by atoms with E-state index in [-0.39, 0.29) is 49.5 Å². The Morgan fingerprint density at radius 2 is 1.72 bits per heavy atom. The molecule has 3 aromatic heterocycles. The molecule has 0 aromatic carbocycles. The highest BCUT2D eigenvalue weighted by molar-refractivity contribution is 5.94. The van der Waals surface area contributed by atoms with E-state index in [0.29, 0.717) is 35.8 Å². The van der Waals surface area contributed by atoms with E-state index in [1.54, 1.807) is 22.7 Å². The van der Waals surface area contributed by atoms with Crippen molar-refractivity contribution in [1.82, 2.24) is 30.0 Å². The maximum atomic E-state index is 14.0. The molecule has 0 saturated heterocycles. The van der Waals surface area contributed by atoms with E-state index in [1.807, 2.05) is 32.3 Å². The minimum atomic E-state index is -2.68. The van der Waals surface area contributed by atoms with Gasteiger partial charge in [-0.1, -0.05) is 13.8 Å². The predicted molar refractivity (Wildman–Crippen MR) is 142 cm³/mol. The fourth-order valence-electron chi connectivity index (χ4n) is 5.43. The lowest BCUT2D eigenvalue weighted by molar-refractivity contribution is -0.122. The van der Waals surface area contributed by atoms with E-state index >= 15 is 0 Å². The smallest absolute Gasteiger partial charge is 0.251 e. The lowest BCUT2D eigenvalue weighted by Crippen LogP contribution is -2.37. The van der Waals surface area contributed by atoms with E-state index in [9.17, 15) is 18.4 Å². The van der Waals surface area contributed by atoms with Crippen LogP contribution in [0.25, 0.3) is 5.78 Å². The Labute approximate surface area is 227 Å². The maximum absolute atomic E-state index is 14.0. The quantitative estimate of drug-likeness (QED) is 0.362. The summed E-state index contributed by atoms with van der Waals surface area (Å²) in [5.74, 6) is -2.32. The first-order chi connectivity index (χ1) is 18.8. The fourth-order valence-corrected chi connectivity index (χ4v) is 5.43. The van der Waals surface area contributed by atoms with Crippen LogP contribution in [-0.4, -0.2) is 37.1 Å². The Hall–Kier alpha value is -3.43. The molecule has 2 atom stereocenters. The van der Waals surface area contributed by atoms with Crippen molar-refractivity contribution in [2.24, 2.45) is 11.8 Å². The molecule has 0 unspecified atom stereocenters. The van der Waals surface area contributed by atoms with E-state index in [2.05, 4.69) is 15.6 Å². The van der Waals surface area contributed by atoms with Gasteiger partial charge in [0, 0.05) is 49.1 Å². The molecule has 2 N–H and O–H groups in total. The monoisotopic (exact) mass is 538 g/mol. The number of nitrogens with zero attached hydrogens (tertiary/aromatic N) is 4. The molecule has 5 rings (SSSR count).